The number of rotatable bonds is 9. The number of carbonyl (C=O) groups is 2. The van der Waals surface area contributed by atoms with Crippen LogP contribution in [0.15, 0.2) is 48.5 Å². The van der Waals surface area contributed by atoms with E-state index in [1.807, 2.05) is 30.3 Å². The van der Waals surface area contributed by atoms with Crippen molar-refractivity contribution in [1.29, 1.82) is 0 Å². The van der Waals surface area contributed by atoms with Gasteiger partial charge in [0.15, 0.2) is 0 Å². The van der Waals surface area contributed by atoms with Crippen molar-refractivity contribution in [3.8, 4) is 0 Å². The number of halogens is 1. The van der Waals surface area contributed by atoms with Crippen LogP contribution >= 0.6 is 11.6 Å². The average Bonchev–Trinajstić information content (AvgIpc) is 2.73. The number of amides is 2. The van der Waals surface area contributed by atoms with Gasteiger partial charge in [0, 0.05) is 18.6 Å². The van der Waals surface area contributed by atoms with Gasteiger partial charge in [-0.25, -0.2) is 8.42 Å². The molecule has 0 fully saturated rings. The summed E-state index contributed by atoms with van der Waals surface area (Å²) in [6.07, 6.45) is 1.42. The van der Waals surface area contributed by atoms with Crippen LogP contribution in [0.3, 0.4) is 0 Å². The topological polar surface area (TPSA) is 86.8 Å². The number of nitrogens with zero attached hydrogens (tertiary/aromatic N) is 2. The molecule has 0 heterocycles. The molecule has 0 spiro atoms. The lowest BCUT2D eigenvalue weighted by molar-refractivity contribution is -0.140. The lowest BCUT2D eigenvalue weighted by atomic mass is 10.1. The van der Waals surface area contributed by atoms with Crippen LogP contribution in [0.5, 0.6) is 0 Å². The minimum absolute atomic E-state index is 0.178. The normalized spacial score (nSPS) is 12.2. The van der Waals surface area contributed by atoms with Crippen molar-refractivity contribution < 1.29 is 18.0 Å². The second kappa shape index (κ2) is 10.6. The summed E-state index contributed by atoms with van der Waals surface area (Å²) in [5, 5.41) is 2.95. The van der Waals surface area contributed by atoms with E-state index >= 15 is 0 Å². The first-order valence-electron chi connectivity index (χ1n) is 9.87. The monoisotopic (exact) mass is 465 g/mol. The summed E-state index contributed by atoms with van der Waals surface area (Å²) in [6, 6.07) is 13.4. The summed E-state index contributed by atoms with van der Waals surface area (Å²) in [5.41, 5.74) is 1.83. The summed E-state index contributed by atoms with van der Waals surface area (Å²) < 4.78 is 26.2. The first-order valence-corrected chi connectivity index (χ1v) is 12.1. The van der Waals surface area contributed by atoms with Gasteiger partial charge in [-0.15, -0.1) is 0 Å². The fraction of sp³-hybridized carbons (Fsp3) is 0.364. The molecule has 0 unspecified atom stereocenters. The lowest BCUT2D eigenvalue weighted by Crippen LogP contribution is -2.51. The Morgan fingerprint density at radius 2 is 1.77 bits per heavy atom. The molecule has 2 aromatic rings. The van der Waals surface area contributed by atoms with E-state index in [1.54, 1.807) is 26.0 Å². The van der Waals surface area contributed by atoms with Gasteiger partial charge >= 0.3 is 0 Å². The number of aryl methyl sites for hydroxylation is 1. The third-order valence-corrected chi connectivity index (χ3v) is 6.31. The molecule has 0 saturated heterocycles. The highest BCUT2D eigenvalue weighted by Crippen LogP contribution is 2.27. The van der Waals surface area contributed by atoms with Gasteiger partial charge in [0.1, 0.15) is 12.6 Å². The van der Waals surface area contributed by atoms with E-state index in [9.17, 15) is 18.0 Å². The molecule has 1 N–H and O–H groups in total. The van der Waals surface area contributed by atoms with Gasteiger partial charge in [-0.1, -0.05) is 54.9 Å². The predicted molar refractivity (Wildman–Crippen MR) is 124 cm³/mol. The van der Waals surface area contributed by atoms with Crippen molar-refractivity contribution >= 4 is 39.1 Å². The molecule has 0 aliphatic carbocycles. The second-order valence-electron chi connectivity index (χ2n) is 7.25. The van der Waals surface area contributed by atoms with Gasteiger partial charge in [0.25, 0.3) is 0 Å². The molecule has 7 nitrogen and oxygen atoms in total. The van der Waals surface area contributed by atoms with Crippen LogP contribution in [0.25, 0.3) is 0 Å². The van der Waals surface area contributed by atoms with Crippen LogP contribution < -0.4 is 9.62 Å². The van der Waals surface area contributed by atoms with Crippen LogP contribution in [0.1, 0.15) is 24.5 Å². The standard InChI is InChI=1S/C22H28ClN3O4S/c1-5-19(22(28)24-3)25(14-17-9-7-6-8-10-17)21(27)15-26(31(4,29)30)20-13-18(23)12-11-16(20)2/h6-13,19H,5,14-15H2,1-4H3,(H,24,28)/t19-/m1/s1. The number of hydrogen-bond donors (Lipinski definition) is 1. The van der Waals surface area contributed by atoms with E-state index in [1.165, 1.54) is 18.0 Å². The molecule has 2 rings (SSSR count). The maximum atomic E-state index is 13.4. The minimum Gasteiger partial charge on any atom is -0.357 e. The third-order valence-electron chi connectivity index (χ3n) is 4.95. The Hall–Kier alpha value is -2.58. The quantitative estimate of drug-likeness (QED) is 0.616. The number of anilines is 1. The zero-order valence-electron chi connectivity index (χ0n) is 18.1. The molecule has 31 heavy (non-hydrogen) atoms. The molecule has 0 aromatic heterocycles. The predicted octanol–water partition coefficient (Wildman–Crippen LogP) is 2.97. The summed E-state index contributed by atoms with van der Waals surface area (Å²) >= 11 is 6.08. The second-order valence-corrected chi connectivity index (χ2v) is 9.59. The molecule has 2 amide bonds. The van der Waals surface area contributed by atoms with Crippen LogP contribution in [-0.2, 0) is 26.2 Å². The summed E-state index contributed by atoms with van der Waals surface area (Å²) in [7, 11) is -2.28. The van der Waals surface area contributed by atoms with Crippen LogP contribution in [0, 0.1) is 6.92 Å². The Kier molecular flexibility index (Phi) is 8.47. The Morgan fingerprint density at radius 1 is 1.13 bits per heavy atom. The Morgan fingerprint density at radius 3 is 2.32 bits per heavy atom. The van der Waals surface area contributed by atoms with Crippen molar-refractivity contribution in [1.82, 2.24) is 10.2 Å². The van der Waals surface area contributed by atoms with Crippen LogP contribution in [0.4, 0.5) is 5.69 Å². The number of benzene rings is 2. The van der Waals surface area contributed by atoms with Gasteiger partial charge in [0.2, 0.25) is 21.8 Å². The minimum atomic E-state index is -3.79. The summed E-state index contributed by atoms with van der Waals surface area (Å²) in [4.78, 5) is 27.3. The number of carbonyl (C=O) groups excluding carboxylic acids is 2. The van der Waals surface area contributed by atoms with Crippen molar-refractivity contribution in [2.75, 3.05) is 24.2 Å². The molecule has 0 aliphatic rings. The molecule has 2 aromatic carbocycles. The maximum absolute atomic E-state index is 13.4. The Bertz CT molecular complexity index is 1030. The van der Waals surface area contributed by atoms with E-state index in [0.29, 0.717) is 22.7 Å². The van der Waals surface area contributed by atoms with E-state index in [4.69, 9.17) is 11.6 Å². The molecular weight excluding hydrogens is 438 g/mol. The SMILES string of the molecule is CC[C@H](C(=O)NC)N(Cc1ccccc1)C(=O)CN(c1cc(Cl)ccc1C)S(C)(=O)=O. The van der Waals surface area contributed by atoms with E-state index in [-0.39, 0.29) is 12.5 Å². The lowest BCUT2D eigenvalue weighted by Gasteiger charge is -2.33. The van der Waals surface area contributed by atoms with Gasteiger partial charge in [-0.3, -0.25) is 13.9 Å². The molecule has 9 heteroatoms. The van der Waals surface area contributed by atoms with E-state index in [2.05, 4.69) is 5.32 Å². The zero-order valence-corrected chi connectivity index (χ0v) is 19.7. The van der Waals surface area contributed by atoms with Crippen LogP contribution in [0.2, 0.25) is 5.02 Å². The Balaban J connectivity index is 2.45. The fourth-order valence-corrected chi connectivity index (χ4v) is 4.38. The molecular formula is C22H28ClN3O4S. The summed E-state index contributed by atoms with van der Waals surface area (Å²) in [6.45, 7) is 3.29. The molecule has 0 radical (unpaired) electrons. The van der Waals surface area contributed by atoms with Crippen molar-refractivity contribution in [2.24, 2.45) is 0 Å². The maximum Gasteiger partial charge on any atom is 0.244 e. The third kappa shape index (κ3) is 6.45. The Labute approximate surface area is 189 Å². The largest absolute Gasteiger partial charge is 0.357 e. The highest BCUT2D eigenvalue weighted by molar-refractivity contribution is 7.92. The zero-order chi connectivity index (χ0) is 23.2. The first kappa shape index (κ1) is 24.7. The van der Waals surface area contributed by atoms with Crippen molar-refractivity contribution in [3.05, 3.63) is 64.7 Å². The highest BCUT2D eigenvalue weighted by atomic mass is 35.5. The molecule has 0 saturated carbocycles. The summed E-state index contributed by atoms with van der Waals surface area (Å²) in [5.74, 6) is -0.791. The van der Waals surface area contributed by atoms with Crippen molar-refractivity contribution in [3.63, 3.8) is 0 Å². The van der Waals surface area contributed by atoms with Crippen LogP contribution in [-0.4, -0.2) is 51.0 Å². The van der Waals surface area contributed by atoms with E-state index < -0.39 is 28.5 Å². The van der Waals surface area contributed by atoms with Gasteiger partial charge in [0.05, 0.1) is 11.9 Å². The molecule has 1 atom stereocenters. The first-order chi connectivity index (χ1) is 14.6. The number of sulfonamides is 1. The van der Waals surface area contributed by atoms with E-state index in [0.717, 1.165) is 16.1 Å². The number of likely N-dealkylation sites (N-methyl/N-ethyl adjacent to an activating group) is 1. The highest BCUT2D eigenvalue weighted by Gasteiger charge is 2.31. The van der Waals surface area contributed by atoms with Gasteiger partial charge in [-0.2, -0.15) is 0 Å². The molecule has 168 valence electrons. The van der Waals surface area contributed by atoms with Gasteiger partial charge in [-0.05, 0) is 36.6 Å². The molecule has 0 bridgehead atoms. The van der Waals surface area contributed by atoms with Gasteiger partial charge < -0.3 is 10.2 Å². The number of nitrogens with one attached hydrogen (secondary N) is 1. The van der Waals surface area contributed by atoms with Crippen molar-refractivity contribution in [2.45, 2.75) is 32.9 Å². The smallest absolute Gasteiger partial charge is 0.244 e. The number of hydrogen-bond acceptors (Lipinski definition) is 4. The molecule has 0 aliphatic heterocycles. The average molecular weight is 466 g/mol. The fourth-order valence-electron chi connectivity index (χ4n) is 3.31.